The molecule has 2 rings (SSSR count). The molecule has 132 valence electrons. The van der Waals surface area contributed by atoms with Gasteiger partial charge in [0.15, 0.2) is 0 Å². The average molecular weight is 349 g/mol. The molecule has 0 aromatic carbocycles. The smallest absolute Gasteiger partial charge is 0.282 e. The van der Waals surface area contributed by atoms with Gasteiger partial charge in [-0.15, -0.1) is 0 Å². The molecule has 0 saturated heterocycles. The Morgan fingerprint density at radius 2 is 1.42 bits per heavy atom. The molecule has 0 aliphatic heterocycles. The van der Waals surface area contributed by atoms with Crippen molar-refractivity contribution in [1.82, 2.24) is 0 Å². The quantitative estimate of drug-likeness (QED) is 0.441. The molecule has 0 unspecified atom stereocenters. The van der Waals surface area contributed by atoms with Crippen LogP contribution in [0.1, 0.15) is 63.9 Å². The van der Waals surface area contributed by atoms with Gasteiger partial charge in [0.05, 0.1) is 0 Å². The molecular formula is C20H28O3S. The van der Waals surface area contributed by atoms with Gasteiger partial charge >= 0.3 is 0 Å². The first kappa shape index (κ1) is 18.9. The van der Waals surface area contributed by atoms with E-state index >= 15 is 0 Å². The number of hydrogen-bond acceptors (Lipinski definition) is 2. The van der Waals surface area contributed by atoms with E-state index < -0.39 is 10.1 Å². The summed E-state index contributed by atoms with van der Waals surface area (Å²) in [7, 11) is -4.19. The Morgan fingerprint density at radius 1 is 0.833 bits per heavy atom. The summed E-state index contributed by atoms with van der Waals surface area (Å²) in [5.41, 5.74) is 2.55. The van der Waals surface area contributed by atoms with Crippen LogP contribution in [0.15, 0.2) is 41.3 Å². The van der Waals surface area contributed by atoms with Crippen molar-refractivity contribution < 1.29 is 13.0 Å². The topological polar surface area (TPSA) is 54.4 Å². The number of aryl methyl sites for hydroxylation is 1. The van der Waals surface area contributed by atoms with Crippen molar-refractivity contribution in [3.05, 3.63) is 42.0 Å². The highest BCUT2D eigenvalue weighted by molar-refractivity contribution is 7.86. The van der Waals surface area contributed by atoms with Gasteiger partial charge in [0.1, 0.15) is 4.90 Å². The Labute approximate surface area is 146 Å². The van der Waals surface area contributed by atoms with Crippen LogP contribution in [-0.2, 0) is 16.5 Å². The zero-order valence-corrected chi connectivity index (χ0v) is 15.3. The molecule has 2 aliphatic carbocycles. The van der Waals surface area contributed by atoms with Gasteiger partial charge in [0.25, 0.3) is 10.1 Å². The van der Waals surface area contributed by atoms with Crippen molar-refractivity contribution >= 4 is 10.1 Å². The van der Waals surface area contributed by atoms with Crippen LogP contribution >= 0.6 is 0 Å². The highest BCUT2D eigenvalue weighted by atomic mass is 32.2. The minimum absolute atomic E-state index is 0.0308. The average Bonchev–Trinajstić information content (AvgIpc) is 2.72. The van der Waals surface area contributed by atoms with Gasteiger partial charge in [0.2, 0.25) is 0 Å². The molecule has 0 bridgehead atoms. The van der Waals surface area contributed by atoms with Gasteiger partial charge in [-0.05, 0) is 30.0 Å². The van der Waals surface area contributed by atoms with Gasteiger partial charge < -0.3 is 0 Å². The summed E-state index contributed by atoms with van der Waals surface area (Å²) in [6, 6.07) is 10.9. The molecule has 24 heavy (non-hydrogen) atoms. The monoisotopic (exact) mass is 348 g/mol. The number of rotatable bonds is 10. The SMILES string of the molecule is CCCCCCCCCCc1cc(S(=O)(=O)O)c2cccccc1-2. The molecule has 0 saturated carbocycles. The third kappa shape index (κ3) is 5.32. The highest BCUT2D eigenvalue weighted by Crippen LogP contribution is 2.35. The summed E-state index contributed by atoms with van der Waals surface area (Å²) < 4.78 is 32.7. The normalized spacial score (nSPS) is 11.9. The maximum absolute atomic E-state index is 11.6. The number of fused-ring (bicyclic) bond motifs is 1. The largest absolute Gasteiger partial charge is 0.295 e. The van der Waals surface area contributed by atoms with Gasteiger partial charge in [-0.25, -0.2) is 0 Å². The van der Waals surface area contributed by atoms with Crippen molar-refractivity contribution in [2.24, 2.45) is 0 Å². The van der Waals surface area contributed by atoms with E-state index in [4.69, 9.17) is 0 Å². The predicted octanol–water partition coefficient (Wildman–Crippen LogP) is 5.72. The lowest BCUT2D eigenvalue weighted by molar-refractivity contribution is 0.484. The number of hydrogen-bond donors (Lipinski definition) is 1. The highest BCUT2D eigenvalue weighted by Gasteiger charge is 2.22. The summed E-state index contributed by atoms with van der Waals surface area (Å²) >= 11 is 0. The van der Waals surface area contributed by atoms with Crippen molar-refractivity contribution in [1.29, 1.82) is 0 Å². The van der Waals surface area contributed by atoms with Gasteiger partial charge in [0, 0.05) is 5.56 Å². The van der Waals surface area contributed by atoms with Gasteiger partial charge in [-0.2, -0.15) is 8.42 Å². The Kier molecular flexibility index (Phi) is 7.25. The molecule has 0 atom stereocenters. The van der Waals surface area contributed by atoms with Crippen LogP contribution in [0.2, 0.25) is 0 Å². The molecule has 0 radical (unpaired) electrons. The predicted molar refractivity (Wildman–Crippen MR) is 99.2 cm³/mol. The lowest BCUT2D eigenvalue weighted by Gasteiger charge is -2.03. The standard InChI is InChI=1S/C20H28O3S/c1-2-3-4-5-6-7-8-10-13-17-16-20(24(21,22)23)19-15-12-9-11-14-18(17)19/h9,11-12,14-16H,2-8,10,13H2,1H3,(H,21,22,23). The number of unbranched alkanes of at least 4 members (excludes halogenated alkanes) is 7. The van der Waals surface area contributed by atoms with E-state index in [0.29, 0.717) is 5.56 Å². The van der Waals surface area contributed by atoms with E-state index in [0.717, 1.165) is 24.0 Å². The van der Waals surface area contributed by atoms with Gasteiger partial charge in [-0.1, -0.05) is 82.2 Å². The fraction of sp³-hybridized carbons (Fsp3) is 0.500. The molecule has 0 amide bonds. The molecule has 0 heterocycles. The van der Waals surface area contributed by atoms with Crippen LogP contribution in [0.25, 0.3) is 11.1 Å². The first-order valence-electron chi connectivity index (χ1n) is 9.02. The lowest BCUT2D eigenvalue weighted by Crippen LogP contribution is -1.96. The molecule has 3 nitrogen and oxygen atoms in total. The second-order valence-corrected chi connectivity index (χ2v) is 7.86. The molecule has 2 aliphatic rings. The second kappa shape index (κ2) is 9.19. The summed E-state index contributed by atoms with van der Waals surface area (Å²) in [6.45, 7) is 2.23. The summed E-state index contributed by atoms with van der Waals surface area (Å²) in [5.74, 6) is 0. The maximum Gasteiger partial charge on any atom is 0.295 e. The Balaban J connectivity index is 1.95. The van der Waals surface area contributed by atoms with E-state index in [2.05, 4.69) is 6.92 Å². The molecular weight excluding hydrogens is 320 g/mol. The van der Waals surface area contributed by atoms with Crippen LogP contribution in [0.3, 0.4) is 0 Å². The third-order valence-electron chi connectivity index (χ3n) is 4.53. The minimum Gasteiger partial charge on any atom is -0.282 e. The third-order valence-corrected chi connectivity index (χ3v) is 5.43. The van der Waals surface area contributed by atoms with E-state index in [1.165, 1.54) is 44.9 Å². The molecule has 0 spiro atoms. The van der Waals surface area contributed by atoms with Crippen LogP contribution < -0.4 is 0 Å². The fourth-order valence-corrected chi connectivity index (χ4v) is 3.97. The Bertz CT molecular complexity index is 707. The minimum atomic E-state index is -4.19. The molecule has 0 fully saturated rings. The lowest BCUT2D eigenvalue weighted by atomic mass is 10.0. The molecule has 1 N–H and O–H groups in total. The summed E-state index contributed by atoms with van der Waals surface area (Å²) in [4.78, 5) is 0.0308. The first-order chi connectivity index (χ1) is 11.5. The fourth-order valence-electron chi connectivity index (χ4n) is 3.23. The van der Waals surface area contributed by atoms with Crippen molar-refractivity contribution in [2.75, 3.05) is 0 Å². The van der Waals surface area contributed by atoms with E-state index in [1.54, 1.807) is 18.2 Å². The van der Waals surface area contributed by atoms with Crippen molar-refractivity contribution in [2.45, 2.75) is 69.6 Å². The van der Waals surface area contributed by atoms with Crippen LogP contribution in [0.4, 0.5) is 0 Å². The zero-order chi connectivity index (χ0) is 17.4. The second-order valence-electron chi connectivity index (χ2n) is 6.47. The van der Waals surface area contributed by atoms with E-state index in [-0.39, 0.29) is 4.90 Å². The zero-order valence-electron chi connectivity index (χ0n) is 14.5. The van der Waals surface area contributed by atoms with E-state index in [1.807, 2.05) is 18.2 Å². The molecule has 0 aromatic heterocycles. The van der Waals surface area contributed by atoms with Crippen LogP contribution in [0.5, 0.6) is 0 Å². The van der Waals surface area contributed by atoms with E-state index in [9.17, 15) is 13.0 Å². The Morgan fingerprint density at radius 3 is 2.04 bits per heavy atom. The summed E-state index contributed by atoms with van der Waals surface area (Å²) in [5, 5.41) is 0. The maximum atomic E-state index is 11.6. The van der Waals surface area contributed by atoms with Crippen molar-refractivity contribution in [3.8, 4) is 11.1 Å². The van der Waals surface area contributed by atoms with Crippen molar-refractivity contribution in [3.63, 3.8) is 0 Å². The first-order valence-corrected chi connectivity index (χ1v) is 10.5. The molecule has 4 heteroatoms. The van der Waals surface area contributed by atoms with Crippen LogP contribution in [-0.4, -0.2) is 13.0 Å². The Hall–Kier alpha value is -1.39. The van der Waals surface area contributed by atoms with Crippen LogP contribution in [0, 0.1) is 0 Å². The molecule has 0 aromatic rings. The summed E-state index contributed by atoms with van der Waals surface area (Å²) in [6.07, 6.45) is 10.8. The van der Waals surface area contributed by atoms with Gasteiger partial charge in [-0.3, -0.25) is 4.55 Å².